The third-order valence-electron chi connectivity index (χ3n) is 4.37. The van der Waals surface area contributed by atoms with Crippen LogP contribution in [0.2, 0.25) is 0 Å². The highest BCUT2D eigenvalue weighted by atomic mass is 16.3. The van der Waals surface area contributed by atoms with E-state index in [2.05, 4.69) is 30.4 Å². The zero-order valence-corrected chi connectivity index (χ0v) is 10.4. The predicted octanol–water partition coefficient (Wildman–Crippen LogP) is 2.21. The van der Waals surface area contributed by atoms with Crippen molar-refractivity contribution in [1.82, 2.24) is 5.32 Å². The van der Waals surface area contributed by atoms with Crippen LogP contribution in [-0.4, -0.2) is 17.7 Å². The molecule has 2 heteroatoms. The van der Waals surface area contributed by atoms with E-state index in [1.807, 2.05) is 6.07 Å². The van der Waals surface area contributed by atoms with E-state index in [1.165, 1.54) is 18.4 Å². The second-order valence-electron chi connectivity index (χ2n) is 5.70. The van der Waals surface area contributed by atoms with Gasteiger partial charge in [-0.15, -0.1) is 0 Å². The quantitative estimate of drug-likeness (QED) is 0.832. The van der Waals surface area contributed by atoms with Crippen LogP contribution >= 0.6 is 0 Å². The van der Waals surface area contributed by atoms with E-state index in [4.69, 9.17) is 0 Å². The highest BCUT2D eigenvalue weighted by Crippen LogP contribution is 2.37. The van der Waals surface area contributed by atoms with E-state index in [9.17, 15) is 5.11 Å². The molecule has 2 unspecified atom stereocenters. The monoisotopic (exact) mass is 231 g/mol. The molecular weight excluding hydrogens is 210 g/mol. The fourth-order valence-corrected chi connectivity index (χ4v) is 2.94. The Morgan fingerprint density at radius 1 is 1.41 bits per heavy atom. The van der Waals surface area contributed by atoms with Crippen molar-refractivity contribution in [3.05, 3.63) is 35.4 Å². The normalized spacial score (nSPS) is 29.1. The van der Waals surface area contributed by atoms with Gasteiger partial charge in [-0.1, -0.05) is 24.3 Å². The third-order valence-corrected chi connectivity index (χ3v) is 4.37. The Bertz CT molecular complexity index is 413. The summed E-state index contributed by atoms with van der Waals surface area (Å²) in [5, 5.41) is 14.2. The summed E-state index contributed by atoms with van der Waals surface area (Å²) in [5.41, 5.74) is 1.81. The molecule has 0 aliphatic heterocycles. The number of benzene rings is 1. The standard InChI is InChI=1S/C15H21NO/c1-11(12-6-7-12)16-10-15(17)9-8-13-4-2-3-5-14(13)15/h2-5,11-12,16-17H,6-10H2,1H3. The van der Waals surface area contributed by atoms with Crippen LogP contribution in [0.4, 0.5) is 0 Å². The fourth-order valence-electron chi connectivity index (χ4n) is 2.94. The summed E-state index contributed by atoms with van der Waals surface area (Å²) in [7, 11) is 0. The van der Waals surface area contributed by atoms with E-state index < -0.39 is 5.60 Å². The molecule has 0 aromatic heterocycles. The molecule has 0 saturated heterocycles. The van der Waals surface area contributed by atoms with E-state index in [0.717, 1.165) is 24.3 Å². The smallest absolute Gasteiger partial charge is 0.103 e. The minimum absolute atomic E-state index is 0.548. The van der Waals surface area contributed by atoms with Gasteiger partial charge in [0.2, 0.25) is 0 Å². The second kappa shape index (κ2) is 4.11. The maximum Gasteiger partial charge on any atom is 0.103 e. The molecule has 0 heterocycles. The van der Waals surface area contributed by atoms with Gasteiger partial charge in [-0.05, 0) is 49.7 Å². The van der Waals surface area contributed by atoms with E-state index in [-0.39, 0.29) is 0 Å². The average Bonchev–Trinajstić information content (AvgIpc) is 3.14. The largest absolute Gasteiger partial charge is 0.384 e. The molecule has 2 N–H and O–H groups in total. The summed E-state index contributed by atoms with van der Waals surface area (Å²) >= 11 is 0. The van der Waals surface area contributed by atoms with Crippen LogP contribution in [-0.2, 0) is 12.0 Å². The van der Waals surface area contributed by atoms with Crippen LogP contribution in [0.15, 0.2) is 24.3 Å². The van der Waals surface area contributed by atoms with Crippen molar-refractivity contribution in [3.63, 3.8) is 0 Å². The zero-order chi connectivity index (χ0) is 11.9. The van der Waals surface area contributed by atoms with E-state index in [1.54, 1.807) is 0 Å². The molecule has 1 fully saturated rings. The Kier molecular flexibility index (Phi) is 2.72. The molecule has 0 radical (unpaired) electrons. The van der Waals surface area contributed by atoms with Crippen LogP contribution in [0.5, 0.6) is 0 Å². The van der Waals surface area contributed by atoms with Gasteiger partial charge in [0.1, 0.15) is 5.60 Å². The zero-order valence-electron chi connectivity index (χ0n) is 10.4. The van der Waals surface area contributed by atoms with Crippen LogP contribution < -0.4 is 5.32 Å². The van der Waals surface area contributed by atoms with Gasteiger partial charge >= 0.3 is 0 Å². The fraction of sp³-hybridized carbons (Fsp3) is 0.600. The third kappa shape index (κ3) is 2.12. The van der Waals surface area contributed by atoms with Crippen LogP contribution in [0, 0.1) is 5.92 Å². The minimum Gasteiger partial charge on any atom is -0.384 e. The second-order valence-corrected chi connectivity index (χ2v) is 5.70. The SMILES string of the molecule is CC(NCC1(O)CCc2ccccc21)C1CC1. The number of nitrogens with one attached hydrogen (secondary N) is 1. The summed E-state index contributed by atoms with van der Waals surface area (Å²) in [5.74, 6) is 0.843. The van der Waals surface area contributed by atoms with Crippen molar-refractivity contribution in [2.45, 2.75) is 44.2 Å². The number of rotatable bonds is 4. The summed E-state index contributed by atoms with van der Waals surface area (Å²) in [6.45, 7) is 2.93. The molecule has 0 amide bonds. The van der Waals surface area contributed by atoms with Gasteiger partial charge in [-0.2, -0.15) is 0 Å². The Morgan fingerprint density at radius 3 is 2.94 bits per heavy atom. The average molecular weight is 231 g/mol. The van der Waals surface area contributed by atoms with Crippen molar-refractivity contribution >= 4 is 0 Å². The molecular formula is C15H21NO. The molecule has 0 spiro atoms. The van der Waals surface area contributed by atoms with Crippen molar-refractivity contribution < 1.29 is 5.11 Å². The maximum atomic E-state index is 10.7. The molecule has 2 atom stereocenters. The minimum atomic E-state index is -0.639. The summed E-state index contributed by atoms with van der Waals surface area (Å²) in [6, 6.07) is 8.85. The number of aryl methyl sites for hydroxylation is 1. The van der Waals surface area contributed by atoms with Gasteiger partial charge in [-0.25, -0.2) is 0 Å². The molecule has 2 nitrogen and oxygen atoms in total. The van der Waals surface area contributed by atoms with Gasteiger partial charge in [0.25, 0.3) is 0 Å². The van der Waals surface area contributed by atoms with Crippen LogP contribution in [0.25, 0.3) is 0 Å². The number of hydrogen-bond acceptors (Lipinski definition) is 2. The Labute approximate surface area is 103 Å². The molecule has 0 bridgehead atoms. The Morgan fingerprint density at radius 2 is 2.18 bits per heavy atom. The molecule has 17 heavy (non-hydrogen) atoms. The number of aliphatic hydroxyl groups is 1. The molecule has 1 aromatic carbocycles. The van der Waals surface area contributed by atoms with Crippen molar-refractivity contribution in [3.8, 4) is 0 Å². The highest BCUT2D eigenvalue weighted by Gasteiger charge is 2.37. The van der Waals surface area contributed by atoms with Gasteiger partial charge in [-0.3, -0.25) is 0 Å². The summed E-state index contributed by atoms with van der Waals surface area (Å²) in [6.07, 6.45) is 4.56. The van der Waals surface area contributed by atoms with Crippen molar-refractivity contribution in [2.24, 2.45) is 5.92 Å². The molecule has 1 aromatic rings. The van der Waals surface area contributed by atoms with Crippen molar-refractivity contribution in [1.29, 1.82) is 0 Å². The lowest BCUT2D eigenvalue weighted by molar-refractivity contribution is 0.0357. The lowest BCUT2D eigenvalue weighted by Gasteiger charge is -2.26. The Hall–Kier alpha value is -0.860. The van der Waals surface area contributed by atoms with E-state index in [0.29, 0.717) is 12.6 Å². The van der Waals surface area contributed by atoms with Gasteiger partial charge in [0, 0.05) is 12.6 Å². The first-order valence-electron chi connectivity index (χ1n) is 6.73. The molecule has 3 rings (SSSR count). The summed E-state index contributed by atoms with van der Waals surface area (Å²) < 4.78 is 0. The first kappa shape index (κ1) is 11.2. The van der Waals surface area contributed by atoms with Gasteiger partial charge in [0.05, 0.1) is 0 Å². The lowest BCUT2D eigenvalue weighted by atomic mass is 9.95. The highest BCUT2D eigenvalue weighted by molar-refractivity contribution is 5.37. The molecule has 2 aliphatic carbocycles. The number of hydrogen-bond donors (Lipinski definition) is 2. The lowest BCUT2D eigenvalue weighted by Crippen LogP contribution is -2.41. The van der Waals surface area contributed by atoms with Gasteiger partial charge < -0.3 is 10.4 Å². The summed E-state index contributed by atoms with van der Waals surface area (Å²) in [4.78, 5) is 0. The molecule has 1 saturated carbocycles. The molecule has 92 valence electrons. The van der Waals surface area contributed by atoms with Crippen LogP contribution in [0.3, 0.4) is 0 Å². The van der Waals surface area contributed by atoms with E-state index >= 15 is 0 Å². The van der Waals surface area contributed by atoms with Crippen molar-refractivity contribution in [2.75, 3.05) is 6.54 Å². The maximum absolute atomic E-state index is 10.7. The topological polar surface area (TPSA) is 32.3 Å². The van der Waals surface area contributed by atoms with Crippen LogP contribution in [0.1, 0.15) is 37.3 Å². The predicted molar refractivity (Wildman–Crippen MR) is 68.8 cm³/mol. The van der Waals surface area contributed by atoms with Gasteiger partial charge in [0.15, 0.2) is 0 Å². The first-order chi connectivity index (χ1) is 8.19. The molecule has 2 aliphatic rings. The first-order valence-corrected chi connectivity index (χ1v) is 6.73. The Balaban J connectivity index is 1.69. The number of fused-ring (bicyclic) bond motifs is 1.